The quantitative estimate of drug-likeness (QED) is 0.175. The van der Waals surface area contributed by atoms with Crippen LogP contribution in [0.1, 0.15) is 117 Å². The van der Waals surface area contributed by atoms with Crippen molar-refractivity contribution in [2.24, 2.45) is 0 Å². The lowest BCUT2D eigenvalue weighted by Crippen LogP contribution is -2.50. The summed E-state index contributed by atoms with van der Waals surface area (Å²) in [6, 6.07) is 0. The van der Waals surface area contributed by atoms with Gasteiger partial charge < -0.3 is 14.7 Å². The zero-order valence-electron chi connectivity index (χ0n) is 18.9. The van der Waals surface area contributed by atoms with Gasteiger partial charge in [-0.3, -0.25) is 0 Å². The molecule has 0 atom stereocenters. The fraction of sp³-hybridized carbons (Fsp3) is 1.00. The topological polar surface area (TPSA) is 40.5 Å². The number of quaternary nitrogens is 1. The highest BCUT2D eigenvalue weighted by molar-refractivity contribution is 4.53. The molecule has 0 saturated heterocycles. The molecular weight excluding hydrogens is 334 g/mol. The van der Waals surface area contributed by atoms with Crippen LogP contribution in [-0.2, 0) is 0 Å². The van der Waals surface area contributed by atoms with Gasteiger partial charge in [-0.15, -0.1) is 0 Å². The van der Waals surface area contributed by atoms with Crippen LogP contribution < -0.4 is 0 Å². The third-order valence-electron chi connectivity index (χ3n) is 6.05. The molecule has 0 unspecified atom stereocenters. The van der Waals surface area contributed by atoms with E-state index < -0.39 is 0 Å². The molecule has 0 fully saturated rings. The number of hydrogen-bond acceptors (Lipinski definition) is 2. The molecule has 2 N–H and O–H groups in total. The highest BCUT2D eigenvalue weighted by atomic mass is 16.3. The normalized spacial score (nSPS) is 12.0. The van der Waals surface area contributed by atoms with Gasteiger partial charge in [0.05, 0.1) is 26.2 Å². The first kappa shape index (κ1) is 26.9. The van der Waals surface area contributed by atoms with Gasteiger partial charge in [0.25, 0.3) is 0 Å². The van der Waals surface area contributed by atoms with Crippen LogP contribution in [0, 0.1) is 0 Å². The average Bonchev–Trinajstić information content (AvgIpc) is 2.69. The Hall–Kier alpha value is -0.120. The first-order chi connectivity index (χ1) is 13.2. The van der Waals surface area contributed by atoms with E-state index in [4.69, 9.17) is 10.2 Å². The van der Waals surface area contributed by atoms with Crippen molar-refractivity contribution < 1.29 is 14.7 Å². The smallest absolute Gasteiger partial charge is 0.0786 e. The fourth-order valence-electron chi connectivity index (χ4n) is 4.19. The minimum Gasteiger partial charge on any atom is -0.396 e. The molecule has 164 valence electrons. The molecule has 0 radical (unpaired) electrons. The van der Waals surface area contributed by atoms with E-state index in [1.807, 2.05) is 0 Å². The van der Waals surface area contributed by atoms with Crippen molar-refractivity contribution in [3.8, 4) is 0 Å². The number of nitrogens with zero attached hydrogens (tertiary/aromatic N) is 1. The molecule has 0 heterocycles. The van der Waals surface area contributed by atoms with Crippen LogP contribution in [0.3, 0.4) is 0 Å². The fourth-order valence-corrected chi connectivity index (χ4v) is 4.19. The van der Waals surface area contributed by atoms with E-state index in [9.17, 15) is 0 Å². The molecule has 0 aliphatic carbocycles. The molecule has 0 rings (SSSR count). The highest BCUT2D eigenvalue weighted by Gasteiger charge is 2.25. The maximum absolute atomic E-state index is 8.89. The first-order valence-corrected chi connectivity index (χ1v) is 12.3. The van der Waals surface area contributed by atoms with Gasteiger partial charge in [-0.05, 0) is 51.4 Å². The molecule has 0 saturated carbocycles. The Morgan fingerprint density at radius 3 is 1.04 bits per heavy atom. The van der Waals surface area contributed by atoms with Gasteiger partial charge in [-0.25, -0.2) is 0 Å². The third-order valence-corrected chi connectivity index (χ3v) is 6.05. The largest absolute Gasteiger partial charge is 0.396 e. The van der Waals surface area contributed by atoms with E-state index in [0.29, 0.717) is 13.2 Å². The van der Waals surface area contributed by atoms with Crippen LogP contribution >= 0.6 is 0 Å². The number of aliphatic hydroxyl groups excluding tert-OH is 2. The second kappa shape index (κ2) is 20.6. The zero-order valence-corrected chi connectivity index (χ0v) is 18.9. The van der Waals surface area contributed by atoms with E-state index in [1.165, 1.54) is 121 Å². The lowest BCUT2D eigenvalue weighted by molar-refractivity contribution is -0.929. The van der Waals surface area contributed by atoms with Crippen LogP contribution in [0.4, 0.5) is 0 Å². The summed E-state index contributed by atoms with van der Waals surface area (Å²) in [6.45, 7) is 10.9. The van der Waals surface area contributed by atoms with Crippen molar-refractivity contribution in [1.29, 1.82) is 0 Å². The van der Waals surface area contributed by atoms with Crippen LogP contribution in [0.25, 0.3) is 0 Å². The molecule has 0 aromatic rings. The molecule has 0 aromatic carbocycles. The lowest BCUT2D eigenvalue weighted by Gasteiger charge is -2.39. The van der Waals surface area contributed by atoms with Crippen LogP contribution in [0.15, 0.2) is 0 Å². The standard InChI is InChI=1S/C24H52NO2/c1-3-5-19-25(20-6-4-2,21-15-11-7-9-13-17-23-26)22-16-12-8-10-14-18-24-27/h26-27H,3-24H2,1-2H3/q+1. The summed E-state index contributed by atoms with van der Waals surface area (Å²) < 4.78 is 1.37. The molecule has 3 heteroatoms. The van der Waals surface area contributed by atoms with Crippen LogP contribution in [-0.4, -0.2) is 54.1 Å². The Labute approximate surface area is 171 Å². The van der Waals surface area contributed by atoms with Gasteiger partial charge in [-0.2, -0.15) is 0 Å². The van der Waals surface area contributed by atoms with Crippen molar-refractivity contribution in [2.75, 3.05) is 39.4 Å². The first-order valence-electron chi connectivity index (χ1n) is 12.3. The summed E-state index contributed by atoms with van der Waals surface area (Å²) in [5.74, 6) is 0. The Bertz CT molecular complexity index is 256. The number of aliphatic hydroxyl groups is 2. The van der Waals surface area contributed by atoms with Crippen molar-refractivity contribution in [1.82, 2.24) is 0 Å². The minimum absolute atomic E-state index is 0.355. The van der Waals surface area contributed by atoms with Crippen LogP contribution in [0.5, 0.6) is 0 Å². The molecule has 0 spiro atoms. The summed E-state index contributed by atoms with van der Waals surface area (Å²) in [5.41, 5.74) is 0. The maximum Gasteiger partial charge on any atom is 0.0786 e. The Kier molecular flexibility index (Phi) is 20.5. The second-order valence-corrected chi connectivity index (χ2v) is 8.63. The molecule has 0 bridgehead atoms. The summed E-state index contributed by atoms with van der Waals surface area (Å²) >= 11 is 0. The van der Waals surface area contributed by atoms with E-state index in [-0.39, 0.29) is 0 Å². The van der Waals surface area contributed by atoms with Gasteiger partial charge in [0, 0.05) is 13.2 Å². The highest BCUT2D eigenvalue weighted by Crippen LogP contribution is 2.19. The summed E-state index contributed by atoms with van der Waals surface area (Å²) in [5, 5.41) is 17.8. The Morgan fingerprint density at radius 2 is 0.704 bits per heavy atom. The lowest BCUT2D eigenvalue weighted by atomic mass is 10.1. The summed E-state index contributed by atoms with van der Waals surface area (Å²) in [4.78, 5) is 0. The number of unbranched alkanes of at least 4 members (excludes halogenated alkanes) is 12. The zero-order chi connectivity index (χ0) is 20.1. The second-order valence-electron chi connectivity index (χ2n) is 8.63. The maximum atomic E-state index is 8.89. The minimum atomic E-state index is 0.355. The van der Waals surface area contributed by atoms with Gasteiger partial charge in [0.1, 0.15) is 0 Å². The SMILES string of the molecule is CCCC[N+](CCCC)(CCCCCCCCO)CCCCCCCCO. The van der Waals surface area contributed by atoms with Crippen molar-refractivity contribution >= 4 is 0 Å². The third kappa shape index (κ3) is 16.5. The number of rotatable bonds is 22. The van der Waals surface area contributed by atoms with Crippen LogP contribution in [0.2, 0.25) is 0 Å². The number of hydrogen-bond donors (Lipinski definition) is 2. The van der Waals surface area contributed by atoms with Gasteiger partial charge >= 0.3 is 0 Å². The molecule has 0 amide bonds. The van der Waals surface area contributed by atoms with Gasteiger partial charge in [0.15, 0.2) is 0 Å². The molecule has 0 aliphatic rings. The van der Waals surface area contributed by atoms with Gasteiger partial charge in [-0.1, -0.05) is 65.2 Å². The van der Waals surface area contributed by atoms with E-state index in [0.717, 1.165) is 12.8 Å². The summed E-state index contributed by atoms with van der Waals surface area (Å²) in [7, 11) is 0. The Morgan fingerprint density at radius 1 is 0.407 bits per heavy atom. The van der Waals surface area contributed by atoms with E-state index in [1.54, 1.807) is 0 Å². The average molecular weight is 387 g/mol. The molecule has 3 nitrogen and oxygen atoms in total. The Balaban J connectivity index is 4.30. The predicted molar refractivity (Wildman–Crippen MR) is 119 cm³/mol. The van der Waals surface area contributed by atoms with Crippen molar-refractivity contribution in [2.45, 2.75) is 117 Å². The molecular formula is C24H52NO2+. The molecule has 0 aliphatic heterocycles. The van der Waals surface area contributed by atoms with Gasteiger partial charge in [0.2, 0.25) is 0 Å². The monoisotopic (exact) mass is 386 g/mol. The molecule has 0 aromatic heterocycles. The van der Waals surface area contributed by atoms with Crippen molar-refractivity contribution in [3.63, 3.8) is 0 Å². The predicted octanol–water partition coefficient (Wildman–Crippen LogP) is 6.07. The molecule has 27 heavy (non-hydrogen) atoms. The van der Waals surface area contributed by atoms with Crippen molar-refractivity contribution in [3.05, 3.63) is 0 Å². The summed E-state index contributed by atoms with van der Waals surface area (Å²) in [6.07, 6.45) is 20.5. The van der Waals surface area contributed by atoms with E-state index >= 15 is 0 Å². The van der Waals surface area contributed by atoms with E-state index in [2.05, 4.69) is 13.8 Å².